The van der Waals surface area contributed by atoms with Crippen molar-refractivity contribution in [2.24, 2.45) is 0 Å². The van der Waals surface area contributed by atoms with Crippen molar-refractivity contribution < 1.29 is 0 Å². The fourth-order valence-corrected chi connectivity index (χ4v) is 4.89. The second kappa shape index (κ2) is 13.6. The summed E-state index contributed by atoms with van der Waals surface area (Å²) < 4.78 is 0. The second-order valence-corrected chi connectivity index (χ2v) is 10.8. The summed E-state index contributed by atoms with van der Waals surface area (Å²) in [4.78, 5) is 0. The fraction of sp³-hybridized carbons (Fsp3) is 0.0526. The van der Waals surface area contributed by atoms with E-state index < -0.39 is 0 Å². The van der Waals surface area contributed by atoms with Crippen molar-refractivity contribution in [2.75, 3.05) is 10.6 Å². The Labute approximate surface area is 246 Å². The molecule has 2 N–H and O–H groups in total. The number of nitrogens with one attached hydrogen (secondary N) is 2. The summed E-state index contributed by atoms with van der Waals surface area (Å²) >= 11 is 0. The average molecular weight is 551 g/mol. The number of rotatable bonds is 6. The highest BCUT2D eigenvalue weighted by Gasteiger charge is 2.04. The molecule has 0 fully saturated rings. The molecule has 0 bridgehead atoms. The van der Waals surface area contributed by atoms with Gasteiger partial charge in [0.1, 0.15) is 0 Å². The van der Waals surface area contributed by atoms with E-state index in [1.807, 2.05) is 24.3 Å². The predicted octanol–water partition coefficient (Wildman–Crippen LogP) is 10.3. The van der Waals surface area contributed by atoms with Crippen molar-refractivity contribution in [3.63, 3.8) is 0 Å². The molecule has 0 aliphatic rings. The van der Waals surface area contributed by atoms with Crippen LogP contribution in [0.4, 0.5) is 22.7 Å². The molecule has 3 heteroatoms. The molecule has 41 heavy (non-hydrogen) atoms. The third-order valence-corrected chi connectivity index (χ3v) is 7.09. The summed E-state index contributed by atoms with van der Waals surface area (Å²) in [6.45, 7) is 4.19. The van der Waals surface area contributed by atoms with Gasteiger partial charge in [-0.05, 0) is 96.0 Å². The Kier molecular flexibility index (Phi) is 9.26. The van der Waals surface area contributed by atoms with Crippen molar-refractivity contribution in [3.8, 4) is 22.3 Å². The molecule has 2 nitrogen and oxygen atoms in total. The third kappa shape index (κ3) is 7.94. The molecular formula is C38H35N2P. The maximum absolute atomic E-state index is 3.47. The summed E-state index contributed by atoms with van der Waals surface area (Å²) in [6, 6.07) is 52.7. The predicted molar refractivity (Wildman–Crippen MR) is 182 cm³/mol. The minimum absolute atomic E-state index is 1.06. The maximum atomic E-state index is 3.47. The van der Waals surface area contributed by atoms with Crippen LogP contribution in [0.1, 0.15) is 11.1 Å². The first-order valence-corrected chi connectivity index (χ1v) is 14.4. The van der Waals surface area contributed by atoms with Gasteiger partial charge in [-0.3, -0.25) is 0 Å². The summed E-state index contributed by atoms with van der Waals surface area (Å²) in [5.74, 6) is 0. The zero-order valence-corrected chi connectivity index (χ0v) is 24.7. The van der Waals surface area contributed by atoms with Gasteiger partial charge in [-0.15, -0.1) is 9.24 Å². The van der Waals surface area contributed by atoms with Crippen LogP contribution in [0.5, 0.6) is 0 Å². The van der Waals surface area contributed by atoms with Crippen molar-refractivity contribution >= 4 is 37.3 Å². The molecule has 1 atom stereocenters. The minimum atomic E-state index is 1.06. The SMILES string of the molecule is Cc1ccc(Nc2ccccc2Nc2ccc(C)cc2)cc1.Pc1cc(-c2ccccc2)cc(-c2ccccc2)c1. The molecule has 6 rings (SSSR count). The van der Waals surface area contributed by atoms with Crippen molar-refractivity contribution in [1.29, 1.82) is 0 Å². The fourth-order valence-electron chi connectivity index (χ4n) is 4.53. The molecule has 6 aromatic rings. The molecule has 0 amide bonds. The van der Waals surface area contributed by atoms with Crippen LogP contribution in [-0.4, -0.2) is 0 Å². The van der Waals surface area contributed by atoms with E-state index in [4.69, 9.17) is 0 Å². The minimum Gasteiger partial charge on any atom is -0.354 e. The number of anilines is 4. The lowest BCUT2D eigenvalue weighted by molar-refractivity contribution is 1.44. The molecule has 202 valence electrons. The van der Waals surface area contributed by atoms with E-state index >= 15 is 0 Å². The molecule has 0 aliphatic heterocycles. The van der Waals surface area contributed by atoms with Gasteiger partial charge in [0.25, 0.3) is 0 Å². The molecule has 1 unspecified atom stereocenters. The van der Waals surface area contributed by atoms with Crippen LogP contribution >= 0.6 is 9.24 Å². The van der Waals surface area contributed by atoms with E-state index in [2.05, 4.69) is 161 Å². The Hall–Kier alpha value is -4.65. The Morgan fingerprint density at radius 2 is 0.756 bits per heavy atom. The van der Waals surface area contributed by atoms with Crippen molar-refractivity contribution in [2.45, 2.75) is 13.8 Å². The van der Waals surface area contributed by atoms with Crippen molar-refractivity contribution in [1.82, 2.24) is 0 Å². The molecule has 0 aromatic heterocycles. The van der Waals surface area contributed by atoms with E-state index in [9.17, 15) is 0 Å². The summed E-state index contributed by atoms with van der Waals surface area (Å²) in [7, 11) is 2.80. The van der Waals surface area contributed by atoms with Crippen LogP contribution in [-0.2, 0) is 0 Å². The molecule has 0 radical (unpaired) electrons. The summed E-state index contributed by atoms with van der Waals surface area (Å²) in [5, 5.41) is 8.15. The lowest BCUT2D eigenvalue weighted by atomic mass is 9.99. The lowest BCUT2D eigenvalue weighted by Crippen LogP contribution is -1.97. The van der Waals surface area contributed by atoms with Crippen LogP contribution in [0.2, 0.25) is 0 Å². The highest BCUT2D eigenvalue weighted by molar-refractivity contribution is 7.27. The summed E-state index contributed by atoms with van der Waals surface area (Å²) in [6.07, 6.45) is 0. The van der Waals surface area contributed by atoms with E-state index in [1.165, 1.54) is 38.7 Å². The first-order valence-electron chi connectivity index (χ1n) is 13.8. The standard InChI is InChI=1S/C20H20N2.C18H15P/c1-15-7-11-17(12-8-15)21-19-5-3-4-6-20(19)22-18-13-9-16(2)10-14-18;19-18-12-16(14-7-3-1-4-8-14)11-17(13-18)15-9-5-2-6-10-15/h3-14,21-22H,1-2H3;1-13H,19H2. The Morgan fingerprint density at radius 3 is 1.15 bits per heavy atom. The highest BCUT2D eigenvalue weighted by atomic mass is 31.0. The second-order valence-electron chi connectivity index (χ2n) is 10.1. The molecule has 0 spiro atoms. The Bertz CT molecular complexity index is 1550. The largest absolute Gasteiger partial charge is 0.354 e. The molecule has 0 saturated heterocycles. The first-order chi connectivity index (χ1) is 20.0. The van der Waals surface area contributed by atoms with E-state index in [1.54, 1.807) is 0 Å². The number of hydrogen-bond donors (Lipinski definition) is 2. The number of benzene rings is 6. The van der Waals surface area contributed by atoms with Crippen LogP contribution in [0.15, 0.2) is 152 Å². The number of para-hydroxylation sites is 2. The van der Waals surface area contributed by atoms with Gasteiger partial charge in [-0.2, -0.15) is 0 Å². The van der Waals surface area contributed by atoms with Gasteiger partial charge in [0.2, 0.25) is 0 Å². The van der Waals surface area contributed by atoms with Crippen LogP contribution in [0.3, 0.4) is 0 Å². The topological polar surface area (TPSA) is 24.1 Å². The molecule has 6 aromatic carbocycles. The van der Waals surface area contributed by atoms with Crippen molar-refractivity contribution in [3.05, 3.63) is 163 Å². The normalized spacial score (nSPS) is 10.3. The van der Waals surface area contributed by atoms with Crippen LogP contribution in [0, 0.1) is 13.8 Å². The molecule has 0 aliphatic carbocycles. The van der Waals surface area contributed by atoms with Gasteiger partial charge in [0.05, 0.1) is 11.4 Å². The van der Waals surface area contributed by atoms with Crippen LogP contribution < -0.4 is 15.9 Å². The van der Waals surface area contributed by atoms with Gasteiger partial charge < -0.3 is 10.6 Å². The molecule has 0 heterocycles. The van der Waals surface area contributed by atoms with E-state index in [0.717, 1.165) is 22.7 Å². The maximum Gasteiger partial charge on any atom is 0.0623 e. The number of aryl methyl sites for hydroxylation is 2. The van der Waals surface area contributed by atoms with Gasteiger partial charge in [-0.25, -0.2) is 0 Å². The van der Waals surface area contributed by atoms with Gasteiger partial charge in [-0.1, -0.05) is 108 Å². The monoisotopic (exact) mass is 550 g/mol. The molecule has 0 saturated carbocycles. The smallest absolute Gasteiger partial charge is 0.0623 e. The van der Waals surface area contributed by atoms with Gasteiger partial charge >= 0.3 is 0 Å². The van der Waals surface area contributed by atoms with Gasteiger partial charge in [0, 0.05) is 11.4 Å². The number of hydrogen-bond acceptors (Lipinski definition) is 2. The van der Waals surface area contributed by atoms with Gasteiger partial charge in [0.15, 0.2) is 0 Å². The highest BCUT2D eigenvalue weighted by Crippen LogP contribution is 2.29. The first kappa shape index (κ1) is 27.9. The van der Waals surface area contributed by atoms with E-state index in [0.29, 0.717) is 0 Å². The Balaban J connectivity index is 0.000000166. The zero-order valence-electron chi connectivity index (χ0n) is 23.5. The summed E-state index contributed by atoms with van der Waals surface area (Å²) in [5.41, 5.74) is 11.8. The van der Waals surface area contributed by atoms with Crippen LogP contribution in [0.25, 0.3) is 22.3 Å². The van der Waals surface area contributed by atoms with E-state index in [-0.39, 0.29) is 0 Å². The lowest BCUT2D eigenvalue weighted by Gasteiger charge is -2.14. The average Bonchev–Trinajstić information content (AvgIpc) is 3.01. The third-order valence-electron chi connectivity index (χ3n) is 6.76. The quantitative estimate of drug-likeness (QED) is 0.202. The molecular weight excluding hydrogens is 515 g/mol. The zero-order chi connectivity index (χ0) is 28.4. The Morgan fingerprint density at radius 1 is 0.390 bits per heavy atom.